The van der Waals surface area contributed by atoms with E-state index < -0.39 is 77.4 Å². The van der Waals surface area contributed by atoms with E-state index in [-0.39, 0.29) is 18.3 Å². The van der Waals surface area contributed by atoms with Gasteiger partial charge >= 0.3 is 5.97 Å². The van der Waals surface area contributed by atoms with Crippen LogP contribution in [0.4, 0.5) is 0 Å². The van der Waals surface area contributed by atoms with Crippen LogP contribution in [0, 0.1) is 23.7 Å². The lowest BCUT2D eigenvalue weighted by Gasteiger charge is -2.35. The highest BCUT2D eigenvalue weighted by atomic mass is 16.4. The van der Waals surface area contributed by atoms with Crippen LogP contribution in [0.25, 0.3) is 0 Å². The number of carbonyl (C=O) groups is 6. The number of rotatable bonds is 14. The zero-order valence-electron chi connectivity index (χ0n) is 24.4. The van der Waals surface area contributed by atoms with Crippen molar-refractivity contribution in [3.05, 3.63) is 0 Å². The van der Waals surface area contributed by atoms with Gasteiger partial charge in [0.2, 0.25) is 17.6 Å². The Morgan fingerprint density at radius 2 is 1.41 bits per heavy atom. The standard InChI is InChI=1S/C27H47N5O7/c1-13(2)12-18(23(34)31-21(16(7)8)27(38)39)32(26(37)22(33)17-10-9-11-29-17)25(36)20(15(5)6)30-24(35)19(28)14(3)4/h13-21,29H,9-12,28H2,1-8H3,(H,30,35)(H,31,34)(H,38,39)/t17?,18-,19?,20?,21?/m1/s1. The molecule has 222 valence electrons. The number of amides is 4. The smallest absolute Gasteiger partial charge is 0.326 e. The van der Waals surface area contributed by atoms with Crippen LogP contribution in [0.5, 0.6) is 0 Å². The van der Waals surface area contributed by atoms with Gasteiger partial charge in [0, 0.05) is 0 Å². The van der Waals surface area contributed by atoms with Gasteiger partial charge in [-0.25, -0.2) is 4.79 Å². The minimum absolute atomic E-state index is 0.0244. The van der Waals surface area contributed by atoms with Crippen LogP contribution in [0.15, 0.2) is 0 Å². The lowest BCUT2D eigenvalue weighted by Crippen LogP contribution is -2.63. The van der Waals surface area contributed by atoms with E-state index in [0.717, 1.165) is 0 Å². The Balaban J connectivity index is 3.60. The van der Waals surface area contributed by atoms with E-state index in [1.807, 2.05) is 0 Å². The van der Waals surface area contributed by atoms with Crippen molar-refractivity contribution < 1.29 is 33.9 Å². The summed E-state index contributed by atoms with van der Waals surface area (Å²) in [5.74, 6) is -7.18. The van der Waals surface area contributed by atoms with Crippen LogP contribution in [-0.2, 0) is 28.8 Å². The second kappa shape index (κ2) is 15.1. The normalized spacial score (nSPS) is 18.5. The second-order valence-electron chi connectivity index (χ2n) is 11.7. The Kier molecular flexibility index (Phi) is 13.2. The van der Waals surface area contributed by atoms with E-state index in [1.165, 1.54) is 0 Å². The number of Topliss-reactive ketones (excluding diaryl/α,β-unsaturated/α-hetero) is 1. The predicted molar refractivity (Wildman–Crippen MR) is 145 cm³/mol. The molecule has 1 fully saturated rings. The third-order valence-electron chi connectivity index (χ3n) is 6.83. The number of imide groups is 1. The fraction of sp³-hybridized carbons (Fsp3) is 0.778. The molecule has 1 rings (SSSR count). The third kappa shape index (κ3) is 9.38. The molecule has 39 heavy (non-hydrogen) atoms. The largest absolute Gasteiger partial charge is 0.480 e. The molecule has 0 aromatic rings. The van der Waals surface area contributed by atoms with E-state index in [4.69, 9.17) is 5.73 Å². The number of aliphatic carboxylic acids is 1. The molecule has 1 saturated heterocycles. The quantitative estimate of drug-likeness (QED) is 0.190. The van der Waals surface area contributed by atoms with Crippen molar-refractivity contribution in [1.29, 1.82) is 0 Å². The number of nitrogens with zero attached hydrogens (tertiary/aromatic N) is 1. The maximum atomic E-state index is 14.0. The van der Waals surface area contributed by atoms with E-state index in [1.54, 1.807) is 55.4 Å². The lowest BCUT2D eigenvalue weighted by molar-refractivity contribution is -0.160. The molecule has 4 unspecified atom stereocenters. The molecule has 4 amide bonds. The molecule has 6 N–H and O–H groups in total. The summed E-state index contributed by atoms with van der Waals surface area (Å²) in [5.41, 5.74) is 5.97. The molecule has 0 aromatic carbocycles. The Hall–Kier alpha value is -2.86. The third-order valence-corrected chi connectivity index (χ3v) is 6.83. The minimum Gasteiger partial charge on any atom is -0.480 e. The highest BCUT2D eigenvalue weighted by Crippen LogP contribution is 2.20. The Bertz CT molecular complexity index is 912. The number of nitrogens with two attached hydrogens (primary N) is 1. The van der Waals surface area contributed by atoms with Crippen molar-refractivity contribution in [2.75, 3.05) is 6.54 Å². The van der Waals surface area contributed by atoms with Gasteiger partial charge in [0.05, 0.1) is 12.1 Å². The number of carboxylic acids is 1. The first-order valence-corrected chi connectivity index (χ1v) is 13.7. The summed E-state index contributed by atoms with van der Waals surface area (Å²) < 4.78 is 0. The maximum Gasteiger partial charge on any atom is 0.326 e. The molecule has 0 saturated carbocycles. The fourth-order valence-corrected chi connectivity index (χ4v) is 4.33. The summed E-state index contributed by atoms with van der Waals surface area (Å²) in [5, 5.41) is 17.6. The Morgan fingerprint density at radius 1 is 0.872 bits per heavy atom. The van der Waals surface area contributed by atoms with E-state index in [2.05, 4.69) is 16.0 Å². The van der Waals surface area contributed by atoms with Crippen molar-refractivity contribution in [3.63, 3.8) is 0 Å². The highest BCUT2D eigenvalue weighted by Gasteiger charge is 2.45. The van der Waals surface area contributed by atoms with Crippen LogP contribution < -0.4 is 21.7 Å². The first-order chi connectivity index (χ1) is 18.0. The summed E-state index contributed by atoms with van der Waals surface area (Å²) in [6.07, 6.45) is 1.04. The number of carboxylic acid groups (broad SMARTS) is 1. The average Bonchev–Trinajstić information content (AvgIpc) is 3.37. The molecule has 12 nitrogen and oxygen atoms in total. The minimum atomic E-state index is -1.48. The molecule has 0 spiro atoms. The van der Waals surface area contributed by atoms with Crippen molar-refractivity contribution in [2.45, 2.75) is 105 Å². The number of nitrogens with one attached hydrogen (secondary N) is 3. The Morgan fingerprint density at radius 3 is 1.82 bits per heavy atom. The predicted octanol–water partition coefficient (Wildman–Crippen LogP) is 0.427. The van der Waals surface area contributed by atoms with Gasteiger partial charge in [-0.15, -0.1) is 0 Å². The maximum absolute atomic E-state index is 14.0. The first kappa shape index (κ1) is 34.2. The van der Waals surface area contributed by atoms with E-state index >= 15 is 0 Å². The monoisotopic (exact) mass is 553 g/mol. The molecule has 0 radical (unpaired) electrons. The number of hydrogen-bond donors (Lipinski definition) is 5. The summed E-state index contributed by atoms with van der Waals surface area (Å²) in [4.78, 5) is 79.7. The van der Waals surface area contributed by atoms with Crippen LogP contribution >= 0.6 is 0 Å². The van der Waals surface area contributed by atoms with Crippen molar-refractivity contribution in [3.8, 4) is 0 Å². The SMILES string of the molecule is CC(C)C[C@H](C(=O)NC(C(=O)O)C(C)C)N(C(=O)C(=O)C1CCCN1)C(=O)C(NC(=O)C(N)C(C)C)C(C)C. The zero-order chi connectivity index (χ0) is 30.2. The van der Waals surface area contributed by atoms with Gasteiger partial charge in [-0.1, -0.05) is 55.4 Å². The summed E-state index contributed by atoms with van der Waals surface area (Å²) >= 11 is 0. The molecule has 0 aliphatic carbocycles. The molecule has 1 heterocycles. The molecular formula is C27H47N5O7. The number of carbonyl (C=O) groups excluding carboxylic acids is 5. The van der Waals surface area contributed by atoms with E-state index in [0.29, 0.717) is 24.3 Å². The van der Waals surface area contributed by atoms with Crippen molar-refractivity contribution in [2.24, 2.45) is 29.4 Å². The fourth-order valence-electron chi connectivity index (χ4n) is 4.33. The Labute approximate surface area is 231 Å². The zero-order valence-corrected chi connectivity index (χ0v) is 24.4. The lowest BCUT2D eigenvalue weighted by atomic mass is 9.95. The van der Waals surface area contributed by atoms with Gasteiger partial charge in [-0.3, -0.25) is 28.9 Å². The number of ketones is 1. The summed E-state index contributed by atoms with van der Waals surface area (Å²) in [6.45, 7) is 14.1. The van der Waals surface area contributed by atoms with Gasteiger partial charge in [-0.05, 0) is 49.5 Å². The molecule has 0 aromatic heterocycles. The molecule has 5 atom stereocenters. The molecule has 0 bridgehead atoms. The summed E-state index contributed by atoms with van der Waals surface area (Å²) in [7, 11) is 0. The molecule has 1 aliphatic rings. The second-order valence-corrected chi connectivity index (χ2v) is 11.7. The van der Waals surface area contributed by atoms with E-state index in [9.17, 15) is 33.9 Å². The van der Waals surface area contributed by atoms with Crippen LogP contribution in [-0.4, -0.2) is 82.1 Å². The molecule has 1 aliphatic heterocycles. The van der Waals surface area contributed by atoms with Crippen LogP contribution in [0.1, 0.15) is 74.7 Å². The van der Waals surface area contributed by atoms with Gasteiger partial charge < -0.3 is 26.8 Å². The average molecular weight is 554 g/mol. The topological polar surface area (TPSA) is 188 Å². The van der Waals surface area contributed by atoms with Gasteiger partial charge in [0.1, 0.15) is 18.1 Å². The van der Waals surface area contributed by atoms with Gasteiger partial charge in [0.15, 0.2) is 0 Å². The number of hydrogen-bond acceptors (Lipinski definition) is 8. The van der Waals surface area contributed by atoms with Crippen LogP contribution in [0.2, 0.25) is 0 Å². The molecule has 12 heteroatoms. The summed E-state index contributed by atoms with van der Waals surface area (Å²) in [6, 6.07) is -5.76. The van der Waals surface area contributed by atoms with Crippen LogP contribution in [0.3, 0.4) is 0 Å². The van der Waals surface area contributed by atoms with Crippen molar-refractivity contribution in [1.82, 2.24) is 20.9 Å². The molecular weight excluding hydrogens is 506 g/mol. The van der Waals surface area contributed by atoms with Gasteiger partial charge in [0.25, 0.3) is 11.8 Å². The van der Waals surface area contributed by atoms with Gasteiger partial charge in [-0.2, -0.15) is 0 Å². The first-order valence-electron chi connectivity index (χ1n) is 13.7. The highest BCUT2D eigenvalue weighted by molar-refractivity contribution is 6.41. The van der Waals surface area contributed by atoms with Crippen molar-refractivity contribution >= 4 is 35.4 Å².